The van der Waals surface area contributed by atoms with E-state index in [4.69, 9.17) is 16.6 Å². The molecule has 0 amide bonds. The minimum Gasteiger partial charge on any atom is -0.336 e. The molecule has 0 aliphatic heterocycles. The molecular weight excluding hydrogens is 288 g/mol. The second kappa shape index (κ2) is 5.52. The van der Waals surface area contributed by atoms with Crippen molar-refractivity contribution in [1.29, 1.82) is 0 Å². The number of hydrogen-bond donors (Lipinski definition) is 0. The molecule has 0 bridgehead atoms. The van der Waals surface area contributed by atoms with E-state index in [9.17, 15) is 0 Å². The van der Waals surface area contributed by atoms with E-state index in [-0.39, 0.29) is 5.38 Å². The van der Waals surface area contributed by atoms with Crippen LogP contribution < -0.4 is 0 Å². The Morgan fingerprint density at radius 1 is 1.33 bits per heavy atom. The van der Waals surface area contributed by atoms with Gasteiger partial charge < -0.3 is 9.13 Å². The molecule has 112 valence electrons. The molecular formula is C14H19ClN6. The van der Waals surface area contributed by atoms with Gasteiger partial charge in [0.15, 0.2) is 5.65 Å². The van der Waals surface area contributed by atoms with Gasteiger partial charge in [0.2, 0.25) is 0 Å². The van der Waals surface area contributed by atoms with Gasteiger partial charge in [0.05, 0.1) is 17.4 Å². The number of aromatic nitrogens is 6. The summed E-state index contributed by atoms with van der Waals surface area (Å²) in [6.07, 6.45) is 6.43. The van der Waals surface area contributed by atoms with E-state index in [2.05, 4.69) is 21.6 Å². The maximum Gasteiger partial charge on any atom is 0.158 e. The Labute approximate surface area is 128 Å². The molecule has 0 fully saturated rings. The molecule has 7 heteroatoms. The van der Waals surface area contributed by atoms with E-state index < -0.39 is 0 Å². The van der Waals surface area contributed by atoms with E-state index in [0.717, 1.165) is 42.2 Å². The van der Waals surface area contributed by atoms with Gasteiger partial charge in [0, 0.05) is 32.5 Å². The van der Waals surface area contributed by atoms with Crippen LogP contribution in [0.15, 0.2) is 18.7 Å². The van der Waals surface area contributed by atoms with E-state index in [0.29, 0.717) is 0 Å². The lowest BCUT2D eigenvalue weighted by atomic mass is 10.3. The summed E-state index contributed by atoms with van der Waals surface area (Å²) in [5.74, 6) is 0.898. The van der Waals surface area contributed by atoms with Gasteiger partial charge in [-0.1, -0.05) is 6.92 Å². The molecule has 1 unspecified atom stereocenters. The van der Waals surface area contributed by atoms with Crippen molar-refractivity contribution < 1.29 is 0 Å². The first-order valence-corrected chi connectivity index (χ1v) is 7.57. The maximum atomic E-state index is 6.31. The van der Waals surface area contributed by atoms with Crippen LogP contribution in [-0.4, -0.2) is 28.9 Å². The number of aryl methyl sites for hydroxylation is 4. The van der Waals surface area contributed by atoms with Crippen LogP contribution in [0.2, 0.25) is 0 Å². The highest BCUT2D eigenvalue weighted by atomic mass is 35.5. The molecule has 1 atom stereocenters. The number of fused-ring (bicyclic) bond motifs is 1. The smallest absolute Gasteiger partial charge is 0.158 e. The van der Waals surface area contributed by atoms with Crippen molar-refractivity contribution >= 4 is 22.8 Å². The van der Waals surface area contributed by atoms with Crippen LogP contribution in [0, 0.1) is 0 Å². The number of halogens is 1. The Kier molecular flexibility index (Phi) is 3.71. The van der Waals surface area contributed by atoms with E-state index >= 15 is 0 Å². The molecule has 3 aromatic rings. The zero-order valence-corrected chi connectivity index (χ0v) is 13.2. The van der Waals surface area contributed by atoms with Crippen molar-refractivity contribution in [3.05, 3.63) is 30.2 Å². The average Bonchev–Trinajstić information content (AvgIpc) is 3.13. The summed E-state index contributed by atoms with van der Waals surface area (Å²) in [7, 11) is 1.96. The Balaban J connectivity index is 2.05. The lowest BCUT2D eigenvalue weighted by Gasteiger charge is -2.11. The van der Waals surface area contributed by atoms with Crippen molar-refractivity contribution in [1.82, 2.24) is 28.9 Å². The fraction of sp³-hybridized carbons (Fsp3) is 0.500. The molecule has 0 spiro atoms. The van der Waals surface area contributed by atoms with Gasteiger partial charge in [-0.2, -0.15) is 5.10 Å². The van der Waals surface area contributed by atoms with Crippen LogP contribution in [0.5, 0.6) is 0 Å². The van der Waals surface area contributed by atoms with Gasteiger partial charge in [-0.15, -0.1) is 11.6 Å². The van der Waals surface area contributed by atoms with E-state index in [1.54, 1.807) is 6.20 Å². The van der Waals surface area contributed by atoms with Gasteiger partial charge >= 0.3 is 0 Å². The van der Waals surface area contributed by atoms with Gasteiger partial charge in [-0.25, -0.2) is 9.97 Å². The molecule has 0 aromatic carbocycles. The number of hydrogen-bond acceptors (Lipinski definition) is 3. The summed E-state index contributed by atoms with van der Waals surface area (Å²) in [6.45, 7) is 5.67. The van der Waals surface area contributed by atoms with Crippen molar-refractivity contribution in [2.24, 2.45) is 7.05 Å². The van der Waals surface area contributed by atoms with Gasteiger partial charge in [0.1, 0.15) is 11.3 Å². The third kappa shape index (κ3) is 2.44. The first kappa shape index (κ1) is 14.1. The normalized spacial score (nSPS) is 13.1. The molecule has 3 heterocycles. The fourth-order valence-corrected chi connectivity index (χ4v) is 2.82. The Morgan fingerprint density at radius 3 is 2.76 bits per heavy atom. The highest BCUT2D eigenvalue weighted by molar-refractivity contribution is 6.20. The van der Waals surface area contributed by atoms with E-state index in [1.165, 1.54) is 0 Å². The minimum absolute atomic E-state index is 0.134. The second-order valence-electron chi connectivity index (χ2n) is 5.13. The van der Waals surface area contributed by atoms with Crippen LogP contribution in [0.4, 0.5) is 0 Å². The predicted molar refractivity (Wildman–Crippen MR) is 82.4 cm³/mol. The Morgan fingerprint density at radius 2 is 2.14 bits per heavy atom. The summed E-state index contributed by atoms with van der Waals surface area (Å²) in [4.78, 5) is 8.80. The summed E-state index contributed by atoms with van der Waals surface area (Å²) in [6, 6.07) is 0. The standard InChI is InChI=1S/C14H19ClN6/c1-4-11-12-14(19(3)18-11)21(13(17-12)10(2)15)8-7-20-6-5-16-9-20/h5-6,9-10H,4,7-8H2,1-3H3. The van der Waals surface area contributed by atoms with Crippen LogP contribution >= 0.6 is 11.6 Å². The number of imidazole rings is 2. The highest BCUT2D eigenvalue weighted by Gasteiger charge is 2.20. The first-order chi connectivity index (χ1) is 10.1. The van der Waals surface area contributed by atoms with Crippen molar-refractivity contribution in [3.63, 3.8) is 0 Å². The van der Waals surface area contributed by atoms with Crippen molar-refractivity contribution in [3.8, 4) is 0 Å². The van der Waals surface area contributed by atoms with Crippen molar-refractivity contribution in [2.45, 2.75) is 38.7 Å². The number of rotatable bonds is 5. The minimum atomic E-state index is -0.134. The van der Waals surface area contributed by atoms with Crippen molar-refractivity contribution in [2.75, 3.05) is 0 Å². The zero-order valence-electron chi connectivity index (χ0n) is 12.5. The van der Waals surface area contributed by atoms with Crippen LogP contribution in [-0.2, 0) is 26.6 Å². The fourth-order valence-electron chi connectivity index (χ4n) is 2.66. The molecule has 0 aliphatic carbocycles. The van der Waals surface area contributed by atoms with Gasteiger partial charge in [0.25, 0.3) is 0 Å². The molecule has 0 saturated heterocycles. The van der Waals surface area contributed by atoms with Crippen LogP contribution in [0.25, 0.3) is 11.2 Å². The lowest BCUT2D eigenvalue weighted by Crippen LogP contribution is -2.12. The number of nitrogens with zero attached hydrogens (tertiary/aromatic N) is 6. The molecule has 6 nitrogen and oxygen atoms in total. The molecule has 3 rings (SSSR count). The molecule has 21 heavy (non-hydrogen) atoms. The summed E-state index contributed by atoms with van der Waals surface area (Å²) in [5, 5.41) is 4.41. The first-order valence-electron chi connectivity index (χ1n) is 7.13. The SMILES string of the molecule is CCc1nn(C)c2c1nc(C(C)Cl)n2CCn1ccnc1. The number of alkyl halides is 1. The van der Waals surface area contributed by atoms with E-state index in [1.807, 2.05) is 35.7 Å². The largest absolute Gasteiger partial charge is 0.336 e. The van der Waals surface area contributed by atoms with Gasteiger partial charge in [-0.05, 0) is 13.3 Å². The monoisotopic (exact) mass is 306 g/mol. The third-order valence-electron chi connectivity index (χ3n) is 3.65. The quantitative estimate of drug-likeness (QED) is 0.681. The van der Waals surface area contributed by atoms with Crippen LogP contribution in [0.3, 0.4) is 0 Å². The molecule has 0 aliphatic rings. The average molecular weight is 307 g/mol. The van der Waals surface area contributed by atoms with Crippen LogP contribution in [0.1, 0.15) is 30.7 Å². The maximum absolute atomic E-state index is 6.31. The predicted octanol–water partition coefficient (Wildman–Crippen LogP) is 2.53. The Hall–Kier alpha value is -1.82. The molecule has 0 radical (unpaired) electrons. The molecule has 3 aromatic heterocycles. The highest BCUT2D eigenvalue weighted by Crippen LogP contribution is 2.26. The topological polar surface area (TPSA) is 53.5 Å². The zero-order chi connectivity index (χ0) is 15.0. The molecule has 0 saturated carbocycles. The second-order valence-corrected chi connectivity index (χ2v) is 5.79. The summed E-state index contributed by atoms with van der Waals surface area (Å²) >= 11 is 6.31. The third-order valence-corrected chi connectivity index (χ3v) is 3.85. The van der Waals surface area contributed by atoms with Gasteiger partial charge in [-0.3, -0.25) is 4.68 Å². The summed E-state index contributed by atoms with van der Waals surface area (Å²) < 4.78 is 6.11. The molecule has 0 N–H and O–H groups in total. The Bertz CT molecular complexity index is 737. The summed E-state index contributed by atoms with van der Waals surface area (Å²) in [5.41, 5.74) is 3.02. The lowest BCUT2D eigenvalue weighted by molar-refractivity contribution is 0.557.